The van der Waals surface area contributed by atoms with Crippen molar-refractivity contribution < 1.29 is 31.9 Å². The van der Waals surface area contributed by atoms with Crippen molar-refractivity contribution in [2.45, 2.75) is 38.5 Å². The van der Waals surface area contributed by atoms with Crippen molar-refractivity contribution in [3.63, 3.8) is 0 Å². The fraction of sp³-hybridized carbons (Fsp3) is 0.393. The van der Waals surface area contributed by atoms with Gasteiger partial charge in [-0.05, 0) is 55.2 Å². The average Bonchev–Trinajstić information content (AvgIpc) is 3.47. The molecule has 208 valence electrons. The summed E-state index contributed by atoms with van der Waals surface area (Å²) in [5.41, 5.74) is 1.89. The van der Waals surface area contributed by atoms with E-state index in [-0.39, 0.29) is 35.9 Å². The van der Waals surface area contributed by atoms with Crippen LogP contribution in [0, 0.1) is 11.8 Å². The van der Waals surface area contributed by atoms with E-state index in [0.717, 1.165) is 37.7 Å². The van der Waals surface area contributed by atoms with Gasteiger partial charge in [-0.15, -0.1) is 13.2 Å². The molecule has 11 heteroatoms. The van der Waals surface area contributed by atoms with Gasteiger partial charge >= 0.3 is 6.36 Å². The number of nitrogens with zero attached hydrogens (tertiary/aromatic N) is 1. The van der Waals surface area contributed by atoms with Crippen LogP contribution in [0.1, 0.15) is 42.5 Å². The molecule has 4 rings (SSSR count). The van der Waals surface area contributed by atoms with Crippen LogP contribution in [-0.4, -0.2) is 42.8 Å². The molecular weight excluding hydrogens is 513 g/mol. The third-order valence-corrected chi connectivity index (χ3v) is 6.74. The fourth-order valence-corrected chi connectivity index (χ4v) is 4.76. The van der Waals surface area contributed by atoms with Crippen LogP contribution < -0.4 is 20.7 Å². The minimum Gasteiger partial charge on any atom is -0.444 e. The number of benzene rings is 2. The summed E-state index contributed by atoms with van der Waals surface area (Å²) in [6, 6.07) is 12.4. The van der Waals surface area contributed by atoms with E-state index < -0.39 is 6.36 Å². The Kier molecular flexibility index (Phi) is 9.45. The van der Waals surface area contributed by atoms with E-state index >= 15 is 0 Å². The number of carbonyl (C=O) groups is 2. The lowest BCUT2D eigenvalue weighted by atomic mass is 9.79. The molecule has 8 nitrogen and oxygen atoms in total. The molecular formula is C28H31F3N4O4. The summed E-state index contributed by atoms with van der Waals surface area (Å²) in [5.74, 6) is -0.253. The zero-order valence-corrected chi connectivity index (χ0v) is 21.3. The maximum atomic E-state index is 13.1. The van der Waals surface area contributed by atoms with Gasteiger partial charge < -0.3 is 25.1 Å². The quantitative estimate of drug-likeness (QED) is 0.280. The first-order valence-electron chi connectivity index (χ1n) is 12.9. The summed E-state index contributed by atoms with van der Waals surface area (Å²) in [4.78, 5) is 29.8. The van der Waals surface area contributed by atoms with Crippen molar-refractivity contribution in [1.82, 2.24) is 15.6 Å². The summed E-state index contributed by atoms with van der Waals surface area (Å²) in [6.07, 6.45) is 3.33. The molecule has 1 aliphatic rings. The summed E-state index contributed by atoms with van der Waals surface area (Å²) in [6.45, 7) is 0.930. The molecule has 1 aliphatic carbocycles. The van der Waals surface area contributed by atoms with Crippen LogP contribution in [0.5, 0.6) is 5.75 Å². The largest absolute Gasteiger partial charge is 0.573 e. The van der Waals surface area contributed by atoms with Gasteiger partial charge in [0.05, 0.1) is 12.1 Å². The van der Waals surface area contributed by atoms with E-state index in [4.69, 9.17) is 4.42 Å². The molecule has 1 fully saturated rings. The van der Waals surface area contributed by atoms with E-state index in [1.807, 2.05) is 0 Å². The molecule has 39 heavy (non-hydrogen) atoms. The number of hydrogen-bond acceptors (Lipinski definition) is 6. The Morgan fingerprint density at radius 3 is 2.33 bits per heavy atom. The predicted octanol–water partition coefficient (Wildman–Crippen LogP) is 5.39. The zero-order valence-electron chi connectivity index (χ0n) is 21.3. The number of alkyl halides is 3. The van der Waals surface area contributed by atoms with Gasteiger partial charge in [-0.2, -0.15) is 0 Å². The first-order chi connectivity index (χ1) is 18.8. The van der Waals surface area contributed by atoms with E-state index in [0.29, 0.717) is 30.1 Å². The number of nitrogens with one attached hydrogen (secondary N) is 3. The third kappa shape index (κ3) is 8.49. The monoisotopic (exact) mass is 544 g/mol. The second-order valence-electron chi connectivity index (χ2n) is 9.45. The zero-order chi connectivity index (χ0) is 27.7. The molecule has 2 aromatic carbocycles. The highest BCUT2D eigenvalue weighted by molar-refractivity contribution is 5.95. The lowest BCUT2D eigenvalue weighted by molar-refractivity contribution is -0.274. The molecule has 1 heterocycles. The van der Waals surface area contributed by atoms with Crippen molar-refractivity contribution in [1.29, 1.82) is 0 Å². The van der Waals surface area contributed by atoms with Gasteiger partial charge in [0.2, 0.25) is 5.91 Å². The number of anilines is 1. The van der Waals surface area contributed by atoms with Gasteiger partial charge in [0, 0.05) is 36.4 Å². The second-order valence-corrected chi connectivity index (χ2v) is 9.45. The highest BCUT2D eigenvalue weighted by atomic mass is 19.4. The number of hydrogen-bond donors (Lipinski definition) is 3. The highest BCUT2D eigenvalue weighted by Gasteiger charge is 2.31. The van der Waals surface area contributed by atoms with Crippen molar-refractivity contribution in [3.8, 4) is 17.1 Å². The van der Waals surface area contributed by atoms with E-state index in [1.54, 1.807) is 30.5 Å². The number of oxazole rings is 1. The number of amides is 2. The van der Waals surface area contributed by atoms with Gasteiger partial charge in [-0.3, -0.25) is 9.59 Å². The Hall–Kier alpha value is -4.02. The Morgan fingerprint density at radius 2 is 1.69 bits per heavy atom. The van der Waals surface area contributed by atoms with E-state index in [9.17, 15) is 22.8 Å². The van der Waals surface area contributed by atoms with Crippen LogP contribution in [0.25, 0.3) is 11.3 Å². The molecule has 1 unspecified atom stereocenters. The van der Waals surface area contributed by atoms with E-state index in [2.05, 4.69) is 25.7 Å². The van der Waals surface area contributed by atoms with Gasteiger partial charge in [-0.25, -0.2) is 4.98 Å². The van der Waals surface area contributed by atoms with Crippen LogP contribution in [0.2, 0.25) is 0 Å². The Labute approximate surface area is 224 Å². The molecule has 0 bridgehead atoms. The molecule has 1 saturated carbocycles. The molecule has 0 aliphatic heterocycles. The second kappa shape index (κ2) is 13.2. The molecule has 1 aromatic heterocycles. The lowest BCUT2D eigenvalue weighted by Gasteiger charge is -2.29. The SMILES string of the molecule is O=C(NCC(C(=O)NCCNc1ccc(OC(F)(F)F)cc1)C1CCCCC1)c1ccc(-c2cnco2)cc1. The predicted molar refractivity (Wildman–Crippen MR) is 139 cm³/mol. The van der Waals surface area contributed by atoms with Crippen LogP contribution in [0.4, 0.5) is 18.9 Å². The van der Waals surface area contributed by atoms with Crippen molar-refractivity contribution in [2.75, 3.05) is 25.0 Å². The number of ether oxygens (including phenoxy) is 1. The Bertz CT molecular complexity index is 1190. The highest BCUT2D eigenvalue weighted by Crippen LogP contribution is 2.30. The minimum absolute atomic E-state index is 0.126. The molecule has 2 amide bonds. The Balaban J connectivity index is 1.27. The molecule has 0 radical (unpaired) electrons. The third-order valence-electron chi connectivity index (χ3n) is 6.74. The molecule has 3 aromatic rings. The van der Waals surface area contributed by atoms with Crippen molar-refractivity contribution >= 4 is 17.5 Å². The average molecular weight is 545 g/mol. The number of aromatic nitrogens is 1. The molecule has 0 saturated heterocycles. The summed E-state index contributed by atoms with van der Waals surface area (Å²) < 4.78 is 46.1. The molecule has 1 atom stereocenters. The topological polar surface area (TPSA) is 105 Å². The number of halogens is 3. The maximum absolute atomic E-state index is 13.1. The van der Waals surface area contributed by atoms with Crippen LogP contribution in [-0.2, 0) is 4.79 Å². The van der Waals surface area contributed by atoms with Gasteiger partial charge in [-0.1, -0.05) is 31.4 Å². The van der Waals surface area contributed by atoms with Crippen LogP contribution in [0.3, 0.4) is 0 Å². The standard InChI is InChI=1S/C28H31F3N4O4/c29-28(30,31)39-23-12-10-22(11-13-23)33-14-15-34-27(37)24(19-4-2-1-3-5-19)16-35-26(36)21-8-6-20(7-9-21)25-17-32-18-38-25/h6-13,17-19,24,33H,1-5,14-16H2,(H,34,37)(H,35,36). The fourth-order valence-electron chi connectivity index (χ4n) is 4.76. The lowest BCUT2D eigenvalue weighted by Crippen LogP contribution is -2.44. The Morgan fingerprint density at radius 1 is 0.974 bits per heavy atom. The minimum atomic E-state index is -4.74. The van der Waals surface area contributed by atoms with E-state index in [1.165, 1.54) is 30.7 Å². The van der Waals surface area contributed by atoms with Gasteiger partial charge in [0.25, 0.3) is 5.91 Å². The summed E-state index contributed by atoms with van der Waals surface area (Å²) in [7, 11) is 0. The summed E-state index contributed by atoms with van der Waals surface area (Å²) >= 11 is 0. The first kappa shape index (κ1) is 28.0. The number of carbonyl (C=O) groups excluding carboxylic acids is 2. The van der Waals surface area contributed by atoms with Crippen LogP contribution in [0.15, 0.2) is 65.5 Å². The first-order valence-corrected chi connectivity index (χ1v) is 12.9. The molecule has 3 N–H and O–H groups in total. The maximum Gasteiger partial charge on any atom is 0.573 e. The van der Waals surface area contributed by atoms with Gasteiger partial charge in [0.15, 0.2) is 12.2 Å². The van der Waals surface area contributed by atoms with Crippen LogP contribution >= 0.6 is 0 Å². The van der Waals surface area contributed by atoms with Crippen molar-refractivity contribution in [2.24, 2.45) is 11.8 Å². The van der Waals surface area contributed by atoms with Gasteiger partial charge in [0.1, 0.15) is 5.75 Å². The summed E-state index contributed by atoms with van der Waals surface area (Å²) in [5, 5.41) is 8.93. The number of rotatable bonds is 11. The normalized spacial score (nSPS) is 14.8. The molecule has 0 spiro atoms. The van der Waals surface area contributed by atoms with Crippen molar-refractivity contribution in [3.05, 3.63) is 66.7 Å². The smallest absolute Gasteiger partial charge is 0.444 e.